The van der Waals surface area contributed by atoms with Crippen LogP contribution in [0.4, 0.5) is 4.39 Å². The van der Waals surface area contributed by atoms with E-state index in [1.54, 1.807) is 51.6 Å². The van der Waals surface area contributed by atoms with Crippen molar-refractivity contribution in [2.75, 3.05) is 0 Å². The predicted octanol–water partition coefficient (Wildman–Crippen LogP) is 23.2. The van der Waals surface area contributed by atoms with Crippen LogP contribution in [0.3, 0.4) is 0 Å². The molecule has 0 N–H and O–H groups in total. The summed E-state index contributed by atoms with van der Waals surface area (Å²) in [5.74, 6) is -0.873. The van der Waals surface area contributed by atoms with Crippen LogP contribution in [0.2, 0.25) is 0 Å². The van der Waals surface area contributed by atoms with Gasteiger partial charge in [-0.3, -0.25) is 0 Å². The van der Waals surface area contributed by atoms with Crippen LogP contribution in [0, 0.1) is 5.82 Å². The van der Waals surface area contributed by atoms with Crippen molar-refractivity contribution in [3.63, 3.8) is 0 Å². The zero-order valence-electron chi connectivity index (χ0n) is 75.5. The maximum absolute atomic E-state index is 18.5. The highest BCUT2D eigenvalue weighted by atomic mass is 19.1. The average molecular weight is 1320 g/mol. The van der Waals surface area contributed by atoms with Gasteiger partial charge < -0.3 is 18.3 Å². The Morgan fingerprint density at radius 3 is 0.971 bits per heavy atom. The topological polar surface area (TPSA) is 19.7 Å². The molecule has 20 aromatic rings. The van der Waals surface area contributed by atoms with Gasteiger partial charge in [0.15, 0.2) is 0 Å². The lowest BCUT2D eigenvalue weighted by Gasteiger charge is -2.37. The summed E-state index contributed by atoms with van der Waals surface area (Å²) in [4.78, 5) is 0. The monoisotopic (exact) mass is 1320 g/mol. The number of halogens is 1. The lowest BCUT2D eigenvalue weighted by atomic mass is 9.34. The Hall–Kier alpha value is -13.3. The van der Waals surface area contributed by atoms with Crippen LogP contribution < -0.4 is 16.4 Å². The lowest BCUT2D eigenvalue weighted by molar-refractivity contribution is 0.631. The molecule has 472 valence electrons. The van der Waals surface area contributed by atoms with Gasteiger partial charge >= 0.3 is 0 Å². The number of hydrogen-bond acceptors (Lipinski definition) is 0. The van der Waals surface area contributed by atoms with Crippen molar-refractivity contribution in [1.82, 2.24) is 18.3 Å². The van der Waals surface area contributed by atoms with E-state index in [1.807, 2.05) is 158 Å². The Morgan fingerprint density at radius 2 is 0.569 bits per heavy atom. The Balaban J connectivity index is 1.15. The van der Waals surface area contributed by atoms with E-state index < -0.39 is 168 Å². The normalized spacial score (nSPS) is 15.4. The first-order valence-electron chi connectivity index (χ1n) is 44.4. The van der Waals surface area contributed by atoms with Crippen molar-refractivity contribution in [3.05, 3.63) is 357 Å². The van der Waals surface area contributed by atoms with E-state index in [4.69, 9.17) is 0 Å². The molecule has 0 saturated heterocycles. The molecule has 6 heterocycles. The molecule has 0 spiro atoms. The van der Waals surface area contributed by atoms with E-state index in [0.29, 0.717) is 65.3 Å². The summed E-state index contributed by atoms with van der Waals surface area (Å²) in [5.41, 5.74) is -0.892. The second-order valence-corrected chi connectivity index (χ2v) is 25.7. The van der Waals surface area contributed by atoms with Crippen molar-refractivity contribution in [2.24, 2.45) is 0 Å². The third kappa shape index (κ3) is 7.91. The second-order valence-electron chi connectivity index (χ2n) is 25.7. The van der Waals surface area contributed by atoms with Gasteiger partial charge in [0.25, 0.3) is 6.71 Å². The Morgan fingerprint density at radius 1 is 0.245 bits per heavy atom. The minimum absolute atomic E-state index is 0.00209. The molecule has 2 aliphatic heterocycles. The number of hydrogen-bond donors (Lipinski definition) is 0. The zero-order valence-corrected chi connectivity index (χ0v) is 53.5. The first-order chi connectivity index (χ1) is 59.8. The second kappa shape index (κ2) is 21.9. The molecule has 2 aliphatic rings. The van der Waals surface area contributed by atoms with Crippen molar-refractivity contribution in [2.45, 2.75) is 0 Å². The summed E-state index contributed by atoms with van der Waals surface area (Å²) in [7, 11) is 0. The molecule has 0 aliphatic carbocycles. The van der Waals surface area contributed by atoms with Crippen molar-refractivity contribution >= 4 is 153 Å². The maximum atomic E-state index is 18.5. The van der Waals surface area contributed by atoms with Gasteiger partial charge in [-0.05, 0) is 131 Å². The van der Waals surface area contributed by atoms with Crippen LogP contribution in [0.25, 0.3) is 186 Å². The van der Waals surface area contributed by atoms with Crippen LogP contribution in [-0.2, 0) is 0 Å². The van der Waals surface area contributed by atoms with Gasteiger partial charge in [0, 0.05) is 71.2 Å². The number of aromatic nitrogens is 4. The summed E-state index contributed by atoms with van der Waals surface area (Å²) >= 11 is 0. The Kier molecular flexibility index (Phi) is 8.43. The van der Waals surface area contributed by atoms with Crippen LogP contribution in [0.5, 0.6) is 0 Å². The summed E-state index contributed by atoms with van der Waals surface area (Å²) in [5, 5.41) is 3.14. The molecular formula is C96H58BFN4. The Labute approximate surface area is 617 Å². The largest absolute Gasteiger partial charge is 0.309 e. The standard InChI is InChI=1S/C96H58BFN4/c98-81-48-20-15-31-62(81)61-57-88-92-89(58-61)102-94-64(60-29-5-2-6-30-60)45-26-47-78(94)70-37-10-8-33-66(70)68-35-12-14-43-76(68)91-87(100-84-51-23-18-40-73(84)74-41-19-24-52-85(74)100)56-54-80(96(91)102)97(92)79-53-55-86(99-82-49-21-16-38-71(82)72-39-17-22-50-83(72)99)90-75-42-13-11-34-67(75)65-32-7-9-36-69(65)77-46-25-44-63(59-27-3-1-4-28-59)93(77)101(88)95(79)90/h1-58H/i16D,17D,18D,19D,21D,22D,23D,24D,38D,39D,40D,41D,49D,50D,51D,52D,53D,54D,55D,56D,57D,58D. The third-order valence-corrected chi connectivity index (χ3v) is 20.6. The predicted molar refractivity (Wildman–Crippen MR) is 430 cm³/mol. The first kappa shape index (κ1) is 39.3. The van der Waals surface area contributed by atoms with Gasteiger partial charge in [-0.25, -0.2) is 4.39 Å². The summed E-state index contributed by atoms with van der Waals surface area (Å²) in [6.45, 7) is -1.84. The molecule has 0 unspecified atom stereocenters. The molecule has 102 heavy (non-hydrogen) atoms. The van der Waals surface area contributed by atoms with Crippen molar-refractivity contribution in [1.29, 1.82) is 0 Å². The summed E-state index contributed by atoms with van der Waals surface area (Å²) in [6, 6.07) is 49.5. The van der Waals surface area contributed by atoms with E-state index in [-0.39, 0.29) is 115 Å². The van der Waals surface area contributed by atoms with Crippen molar-refractivity contribution < 1.29 is 34.5 Å². The molecule has 0 radical (unpaired) electrons. The van der Waals surface area contributed by atoms with Gasteiger partial charge in [0.2, 0.25) is 0 Å². The molecular weight excluding hydrogens is 1240 g/mol. The molecule has 0 saturated carbocycles. The van der Waals surface area contributed by atoms with E-state index in [9.17, 15) is 30.2 Å². The van der Waals surface area contributed by atoms with Gasteiger partial charge in [0.1, 0.15) is 5.82 Å². The molecule has 4 aromatic heterocycles. The molecule has 0 bridgehead atoms. The van der Waals surface area contributed by atoms with Crippen molar-refractivity contribution in [3.8, 4) is 56.1 Å². The number of nitrogens with zero attached hydrogens (tertiary/aromatic N) is 4. The number of fused-ring (bicyclic) bond motifs is 24. The first-order valence-corrected chi connectivity index (χ1v) is 33.4. The number of benzene rings is 16. The minimum Gasteiger partial charge on any atom is -0.309 e. The van der Waals surface area contributed by atoms with E-state index in [1.165, 1.54) is 27.3 Å². The summed E-state index contributed by atoms with van der Waals surface area (Å²) in [6.07, 6.45) is 0. The molecule has 4 nitrogen and oxygen atoms in total. The van der Waals surface area contributed by atoms with Gasteiger partial charge in [-0.15, -0.1) is 0 Å². The van der Waals surface area contributed by atoms with Crippen LogP contribution >= 0.6 is 0 Å². The molecule has 22 rings (SSSR count). The van der Waals surface area contributed by atoms with E-state index in [2.05, 4.69) is 0 Å². The molecule has 6 heteroatoms. The number of rotatable bonds is 5. The highest BCUT2D eigenvalue weighted by Gasteiger charge is 2.42. The smallest absolute Gasteiger partial charge is 0.252 e. The molecule has 0 atom stereocenters. The highest BCUT2D eigenvalue weighted by molar-refractivity contribution is 7.00. The highest BCUT2D eigenvalue weighted by Crippen LogP contribution is 2.48. The number of para-hydroxylation sites is 6. The molecule has 0 fully saturated rings. The van der Waals surface area contributed by atoms with Crippen LogP contribution in [0.1, 0.15) is 30.2 Å². The molecule has 16 aromatic carbocycles. The van der Waals surface area contributed by atoms with Gasteiger partial charge in [0.05, 0.1) is 85.7 Å². The Bertz CT molecular complexity index is 7990. The third-order valence-electron chi connectivity index (χ3n) is 20.6. The van der Waals surface area contributed by atoms with Crippen LogP contribution in [0.15, 0.2) is 351 Å². The zero-order chi connectivity index (χ0) is 86.0. The fourth-order valence-electron chi connectivity index (χ4n) is 16.5. The quantitative estimate of drug-likeness (QED) is 0.153. The maximum Gasteiger partial charge on any atom is 0.252 e. The van der Waals surface area contributed by atoms with Crippen LogP contribution in [-0.4, -0.2) is 25.0 Å². The van der Waals surface area contributed by atoms with Gasteiger partial charge in [-0.2, -0.15) is 0 Å². The van der Waals surface area contributed by atoms with E-state index >= 15 is 4.39 Å². The lowest BCUT2D eigenvalue weighted by Crippen LogP contribution is -2.60. The molecule has 0 amide bonds. The fraction of sp³-hybridized carbons (Fsp3) is 0. The average Bonchev–Trinajstić information content (AvgIpc) is 1.10. The summed E-state index contributed by atoms with van der Waals surface area (Å²) < 4.78 is 250. The van der Waals surface area contributed by atoms with Gasteiger partial charge in [-0.1, -0.05) is 297 Å². The van der Waals surface area contributed by atoms with E-state index in [0.717, 1.165) is 0 Å². The fourth-order valence-corrected chi connectivity index (χ4v) is 16.5. The minimum atomic E-state index is -1.84. The SMILES string of the molecule is [2H]c1c(-c2ccccc2F)c([2H])c2c3c1-n1c4c(-c5ccccc5)cccc4c4ccccc4c4ccccc4c4c(-n5c6c([2H])c([2H])c([2H])c([2H])c6c6c([2H])c([2H])c([2H])c([2H])c65)c([2H])c([2H])c(c41)B3c1c([2H])c([2H])c(-n3c4c([2H])c([2H])c([2H])c([2H])c4c4c([2H])c([2H])c([2H])c([2H])c43)c3c4ccccc4c4ccccc4c4cccc(-c5ccccc5)c4n-2c13.